The molecule has 1 saturated heterocycles. The van der Waals surface area contributed by atoms with Crippen LogP contribution in [0, 0.1) is 17.3 Å². The normalized spacial score (nSPS) is 23.2. The van der Waals surface area contributed by atoms with Crippen molar-refractivity contribution in [2.24, 2.45) is 17.3 Å². The average molecular weight is 436 g/mol. The monoisotopic (exact) mass is 435 g/mol. The smallest absolute Gasteiger partial charge is 0.269 e. The minimum atomic E-state index is -3.50. The van der Waals surface area contributed by atoms with E-state index in [1.54, 1.807) is 0 Å². The minimum absolute atomic E-state index is 0.0862. The first kappa shape index (κ1) is 22.7. The lowest BCUT2D eigenvalue weighted by atomic mass is 9.70. The van der Waals surface area contributed by atoms with Crippen LogP contribution in [0.2, 0.25) is 0 Å². The predicted molar refractivity (Wildman–Crippen MR) is 115 cm³/mol. The zero-order chi connectivity index (χ0) is 21.9. The summed E-state index contributed by atoms with van der Waals surface area (Å²) in [7, 11) is -3.50. The van der Waals surface area contributed by atoms with Crippen molar-refractivity contribution in [1.29, 1.82) is 0 Å². The van der Waals surface area contributed by atoms with Crippen LogP contribution >= 0.6 is 0 Å². The second-order valence-electron chi connectivity index (χ2n) is 9.49. The number of hydrogen-bond acceptors (Lipinski definition) is 4. The van der Waals surface area contributed by atoms with Gasteiger partial charge in [-0.25, -0.2) is 8.42 Å². The first-order chi connectivity index (χ1) is 14.1. The van der Waals surface area contributed by atoms with Gasteiger partial charge in [0, 0.05) is 24.6 Å². The van der Waals surface area contributed by atoms with Crippen LogP contribution in [-0.4, -0.2) is 37.6 Å². The second kappa shape index (κ2) is 9.06. The van der Waals surface area contributed by atoms with Gasteiger partial charge < -0.3 is 0 Å². The molecule has 0 spiro atoms. The van der Waals surface area contributed by atoms with Crippen LogP contribution in [0.25, 0.3) is 0 Å². The van der Waals surface area contributed by atoms with Crippen molar-refractivity contribution >= 4 is 21.8 Å². The molecule has 1 saturated carbocycles. The van der Waals surface area contributed by atoms with Crippen molar-refractivity contribution in [3.05, 3.63) is 29.8 Å². The number of rotatable bonds is 4. The van der Waals surface area contributed by atoms with Crippen molar-refractivity contribution in [2.75, 3.05) is 13.1 Å². The largest absolute Gasteiger partial charge is 0.273 e. The van der Waals surface area contributed by atoms with Crippen LogP contribution in [0.5, 0.6) is 0 Å². The minimum Gasteiger partial charge on any atom is -0.273 e. The molecule has 7 nitrogen and oxygen atoms in total. The zero-order valence-corrected chi connectivity index (χ0v) is 18.9. The summed E-state index contributed by atoms with van der Waals surface area (Å²) < 4.78 is 26.6. The number of amides is 2. The topological polar surface area (TPSA) is 95.6 Å². The second-order valence-corrected chi connectivity index (χ2v) is 11.4. The molecule has 2 amide bonds. The predicted octanol–water partition coefficient (Wildman–Crippen LogP) is 3.08. The molecule has 0 bridgehead atoms. The SMILES string of the molecule is CC(C)(C)C1CCC(C(=O)NNC(=O)c2ccc(S(=O)(=O)N3CCCC3)cc2)CC1. The number of carbonyl (C=O) groups is 2. The van der Waals surface area contributed by atoms with Crippen LogP contribution in [0.1, 0.15) is 69.7 Å². The maximum absolute atomic E-state index is 12.6. The van der Waals surface area contributed by atoms with E-state index in [0.29, 0.717) is 24.6 Å². The summed E-state index contributed by atoms with van der Waals surface area (Å²) in [5.74, 6) is -0.0934. The number of hydrazine groups is 1. The number of nitrogens with zero attached hydrogens (tertiary/aromatic N) is 1. The molecule has 0 unspecified atom stereocenters. The Labute approximate surface area is 179 Å². The number of sulfonamides is 1. The van der Waals surface area contributed by atoms with E-state index in [1.807, 2.05) is 0 Å². The summed E-state index contributed by atoms with van der Waals surface area (Å²) in [6, 6.07) is 5.83. The standard InChI is InChI=1S/C22H33N3O4S/c1-22(2,3)18-10-6-16(7-11-18)20(26)23-24-21(27)17-8-12-19(13-9-17)30(28,29)25-14-4-5-15-25/h8-9,12-13,16,18H,4-7,10-11,14-15H2,1-3H3,(H,23,26)(H,24,27). The maximum atomic E-state index is 12.6. The summed E-state index contributed by atoms with van der Waals surface area (Å²) in [6.07, 6.45) is 5.43. The van der Waals surface area contributed by atoms with E-state index in [1.165, 1.54) is 28.6 Å². The molecule has 30 heavy (non-hydrogen) atoms. The Hall–Kier alpha value is -1.93. The fourth-order valence-corrected chi connectivity index (χ4v) is 5.89. The Balaban J connectivity index is 1.51. The maximum Gasteiger partial charge on any atom is 0.269 e. The van der Waals surface area contributed by atoms with Gasteiger partial charge in [-0.1, -0.05) is 20.8 Å². The van der Waals surface area contributed by atoms with E-state index in [0.717, 1.165) is 38.5 Å². The van der Waals surface area contributed by atoms with E-state index in [2.05, 4.69) is 31.6 Å². The van der Waals surface area contributed by atoms with Gasteiger partial charge in [-0.15, -0.1) is 0 Å². The average Bonchev–Trinajstić information content (AvgIpc) is 3.27. The van der Waals surface area contributed by atoms with Gasteiger partial charge in [-0.2, -0.15) is 4.31 Å². The van der Waals surface area contributed by atoms with Gasteiger partial charge in [0.05, 0.1) is 4.90 Å². The molecule has 1 aliphatic carbocycles. The fraction of sp³-hybridized carbons (Fsp3) is 0.636. The molecule has 8 heteroatoms. The Morgan fingerprint density at radius 3 is 2.03 bits per heavy atom. The molecule has 0 atom stereocenters. The first-order valence-electron chi connectivity index (χ1n) is 10.8. The van der Waals surface area contributed by atoms with Gasteiger partial charge in [0.1, 0.15) is 0 Å². The summed E-state index contributed by atoms with van der Waals surface area (Å²) in [5, 5.41) is 0. The molecular weight excluding hydrogens is 402 g/mol. The molecule has 0 aromatic heterocycles. The quantitative estimate of drug-likeness (QED) is 0.711. The Morgan fingerprint density at radius 2 is 1.50 bits per heavy atom. The molecule has 2 N–H and O–H groups in total. The number of hydrogen-bond donors (Lipinski definition) is 2. The van der Waals surface area contributed by atoms with Crippen molar-refractivity contribution in [3.63, 3.8) is 0 Å². The third-order valence-corrected chi connectivity index (χ3v) is 8.35. The third-order valence-electron chi connectivity index (χ3n) is 6.44. The fourth-order valence-electron chi connectivity index (χ4n) is 4.37. The zero-order valence-electron chi connectivity index (χ0n) is 18.1. The molecule has 2 aliphatic rings. The van der Waals surface area contributed by atoms with Crippen LogP contribution in [0.15, 0.2) is 29.2 Å². The molecule has 1 aromatic carbocycles. The highest BCUT2D eigenvalue weighted by atomic mass is 32.2. The molecule has 1 heterocycles. The summed E-state index contributed by atoms with van der Waals surface area (Å²) in [4.78, 5) is 24.9. The van der Waals surface area contributed by atoms with E-state index in [4.69, 9.17) is 0 Å². The highest BCUT2D eigenvalue weighted by molar-refractivity contribution is 7.89. The van der Waals surface area contributed by atoms with E-state index < -0.39 is 15.9 Å². The van der Waals surface area contributed by atoms with Crippen LogP contribution in [0.3, 0.4) is 0 Å². The third kappa shape index (κ3) is 5.21. The summed E-state index contributed by atoms with van der Waals surface area (Å²) in [5.41, 5.74) is 5.53. The first-order valence-corrected chi connectivity index (χ1v) is 12.2. The lowest BCUT2D eigenvalue weighted by molar-refractivity contribution is -0.127. The molecule has 0 radical (unpaired) electrons. The Kier molecular flexibility index (Phi) is 6.87. The Morgan fingerprint density at radius 1 is 0.933 bits per heavy atom. The van der Waals surface area contributed by atoms with Crippen molar-refractivity contribution in [1.82, 2.24) is 15.2 Å². The number of carbonyl (C=O) groups excluding carboxylic acids is 2. The molecule has 166 valence electrons. The summed E-state index contributed by atoms with van der Waals surface area (Å²) in [6.45, 7) is 7.78. The van der Waals surface area contributed by atoms with Gasteiger partial charge in [0.25, 0.3) is 5.91 Å². The van der Waals surface area contributed by atoms with Crippen LogP contribution in [-0.2, 0) is 14.8 Å². The van der Waals surface area contributed by atoms with Gasteiger partial charge in [-0.3, -0.25) is 20.4 Å². The highest BCUT2D eigenvalue weighted by Gasteiger charge is 2.32. The molecule has 1 aliphatic heterocycles. The highest BCUT2D eigenvalue weighted by Crippen LogP contribution is 2.39. The molecule has 1 aromatic rings. The van der Waals surface area contributed by atoms with Gasteiger partial charge >= 0.3 is 0 Å². The molecule has 3 rings (SSSR count). The van der Waals surface area contributed by atoms with Crippen molar-refractivity contribution in [2.45, 2.75) is 64.2 Å². The van der Waals surface area contributed by atoms with Gasteiger partial charge in [-0.05, 0) is 74.1 Å². The molecule has 2 fully saturated rings. The van der Waals surface area contributed by atoms with E-state index >= 15 is 0 Å². The van der Waals surface area contributed by atoms with Crippen molar-refractivity contribution in [3.8, 4) is 0 Å². The van der Waals surface area contributed by atoms with Crippen LogP contribution in [0.4, 0.5) is 0 Å². The van der Waals surface area contributed by atoms with Crippen LogP contribution < -0.4 is 10.9 Å². The van der Waals surface area contributed by atoms with E-state index in [-0.39, 0.29) is 22.1 Å². The van der Waals surface area contributed by atoms with Crippen molar-refractivity contribution < 1.29 is 18.0 Å². The van der Waals surface area contributed by atoms with Gasteiger partial charge in [0.15, 0.2) is 0 Å². The lowest BCUT2D eigenvalue weighted by Gasteiger charge is -2.36. The summed E-state index contributed by atoms with van der Waals surface area (Å²) >= 11 is 0. The van der Waals surface area contributed by atoms with E-state index in [9.17, 15) is 18.0 Å². The number of benzene rings is 1. The molecular formula is C22H33N3O4S. The Bertz CT molecular complexity index is 861. The van der Waals surface area contributed by atoms with Gasteiger partial charge in [0.2, 0.25) is 15.9 Å². The number of nitrogens with one attached hydrogen (secondary N) is 2. The lowest BCUT2D eigenvalue weighted by Crippen LogP contribution is -2.45.